The first kappa shape index (κ1) is 20.4. The maximum absolute atomic E-state index is 13.7. The predicted molar refractivity (Wildman–Crippen MR) is 120 cm³/mol. The van der Waals surface area contributed by atoms with Gasteiger partial charge in [0.1, 0.15) is 5.82 Å². The minimum Gasteiger partial charge on any atom is -0.376 e. The van der Waals surface area contributed by atoms with Crippen LogP contribution in [-0.4, -0.2) is 52.2 Å². The Hall–Kier alpha value is -2.47. The van der Waals surface area contributed by atoms with E-state index in [0.29, 0.717) is 19.0 Å². The largest absolute Gasteiger partial charge is 0.376 e. The monoisotopic (exact) mass is 420 g/mol. The highest BCUT2D eigenvalue weighted by molar-refractivity contribution is 5.95. The second-order valence-electron chi connectivity index (χ2n) is 9.59. The van der Waals surface area contributed by atoms with Crippen LogP contribution in [0.3, 0.4) is 0 Å². The molecule has 2 heterocycles. The van der Waals surface area contributed by atoms with E-state index in [-0.39, 0.29) is 17.2 Å². The van der Waals surface area contributed by atoms with Crippen molar-refractivity contribution in [3.8, 4) is 0 Å². The molecule has 1 aromatic heterocycles. The van der Waals surface area contributed by atoms with E-state index in [4.69, 9.17) is 4.74 Å². The molecule has 3 fully saturated rings. The van der Waals surface area contributed by atoms with Crippen molar-refractivity contribution in [2.75, 3.05) is 25.1 Å². The van der Waals surface area contributed by atoms with Crippen molar-refractivity contribution in [1.82, 2.24) is 14.9 Å². The van der Waals surface area contributed by atoms with Crippen LogP contribution in [-0.2, 0) is 4.74 Å². The number of benzene rings is 1. The lowest BCUT2D eigenvalue weighted by Crippen LogP contribution is -2.57. The molecule has 6 nitrogen and oxygen atoms in total. The fraction of sp³-hybridized carbons (Fsp3) is 0.560. The second-order valence-corrected chi connectivity index (χ2v) is 9.59. The van der Waals surface area contributed by atoms with Gasteiger partial charge in [0.25, 0.3) is 0 Å². The highest BCUT2D eigenvalue weighted by atomic mass is 16.5. The lowest BCUT2D eigenvalue weighted by molar-refractivity contribution is -0.0964. The molecule has 164 valence electrons. The average Bonchev–Trinajstić information content (AvgIpc) is 3.03. The van der Waals surface area contributed by atoms with Gasteiger partial charge in [-0.25, -0.2) is 14.8 Å². The van der Waals surface area contributed by atoms with Gasteiger partial charge in [0.05, 0.1) is 42.3 Å². The summed E-state index contributed by atoms with van der Waals surface area (Å²) in [4.78, 5) is 26.4. The smallest absolute Gasteiger partial charge is 0.325 e. The molecule has 6 heteroatoms. The van der Waals surface area contributed by atoms with Crippen LogP contribution in [0.2, 0.25) is 0 Å². The number of methoxy groups -OCH3 is 1. The van der Waals surface area contributed by atoms with E-state index in [0.717, 1.165) is 50.0 Å². The zero-order chi connectivity index (χ0) is 21.5. The van der Waals surface area contributed by atoms with E-state index in [9.17, 15) is 4.79 Å². The van der Waals surface area contributed by atoms with E-state index < -0.39 is 0 Å². The molecule has 1 spiro atoms. The summed E-state index contributed by atoms with van der Waals surface area (Å²) in [5, 5.41) is 0. The zero-order valence-corrected chi connectivity index (χ0v) is 18.6. The number of urea groups is 1. The third-order valence-corrected chi connectivity index (χ3v) is 7.90. The van der Waals surface area contributed by atoms with E-state index in [1.165, 1.54) is 12.0 Å². The van der Waals surface area contributed by atoms with Crippen molar-refractivity contribution >= 4 is 11.7 Å². The number of ether oxygens (including phenoxy) is 1. The Morgan fingerprint density at radius 3 is 2.32 bits per heavy atom. The first-order chi connectivity index (χ1) is 15.0. The van der Waals surface area contributed by atoms with Crippen LogP contribution < -0.4 is 4.90 Å². The van der Waals surface area contributed by atoms with Crippen LogP contribution in [0.5, 0.6) is 0 Å². The molecule has 0 unspecified atom stereocenters. The number of anilines is 1. The molecular weight excluding hydrogens is 388 g/mol. The maximum atomic E-state index is 13.7. The zero-order valence-electron chi connectivity index (χ0n) is 18.6. The van der Waals surface area contributed by atoms with E-state index in [2.05, 4.69) is 45.2 Å². The topological polar surface area (TPSA) is 58.6 Å². The van der Waals surface area contributed by atoms with Crippen molar-refractivity contribution in [3.05, 3.63) is 54.1 Å². The molecule has 0 atom stereocenters. The molecule has 1 saturated heterocycles. The number of aryl methyl sites for hydroxylation is 1. The normalized spacial score (nSPS) is 27.5. The third kappa shape index (κ3) is 3.61. The summed E-state index contributed by atoms with van der Waals surface area (Å²) < 4.78 is 5.93. The van der Waals surface area contributed by atoms with Crippen LogP contribution in [0.25, 0.3) is 0 Å². The van der Waals surface area contributed by atoms with Crippen molar-refractivity contribution < 1.29 is 9.53 Å². The summed E-state index contributed by atoms with van der Waals surface area (Å²) in [6.07, 6.45) is 11.0. The van der Waals surface area contributed by atoms with Gasteiger partial charge in [-0.15, -0.1) is 0 Å². The minimum atomic E-state index is -0.182. The molecule has 0 N–H and O–H groups in total. The van der Waals surface area contributed by atoms with Gasteiger partial charge in [-0.2, -0.15) is 0 Å². The fourth-order valence-corrected chi connectivity index (χ4v) is 5.69. The molecule has 2 aromatic rings. The van der Waals surface area contributed by atoms with Crippen LogP contribution in [0, 0.1) is 6.92 Å². The summed E-state index contributed by atoms with van der Waals surface area (Å²) in [6, 6.07) is 10.9. The molecule has 0 bridgehead atoms. The predicted octanol–water partition coefficient (Wildman–Crippen LogP) is 4.69. The van der Waals surface area contributed by atoms with Gasteiger partial charge in [0.2, 0.25) is 0 Å². The Labute approximate surface area is 184 Å². The SMILES string of the molecule is COC1(CN2C(=O)N(c3cnc(C)nc3)CC23CCC(c2ccccc2)CC3)CCC1. The highest BCUT2D eigenvalue weighted by Crippen LogP contribution is 2.47. The van der Waals surface area contributed by atoms with Gasteiger partial charge in [-0.1, -0.05) is 30.3 Å². The summed E-state index contributed by atoms with van der Waals surface area (Å²) in [5.74, 6) is 1.29. The van der Waals surface area contributed by atoms with Crippen LogP contribution in [0.4, 0.5) is 10.5 Å². The Bertz CT molecular complexity index is 913. The minimum absolute atomic E-state index is 0.0777. The van der Waals surface area contributed by atoms with E-state index in [1.807, 2.05) is 11.8 Å². The number of hydrogen-bond donors (Lipinski definition) is 0. The number of rotatable bonds is 5. The maximum Gasteiger partial charge on any atom is 0.325 e. The highest BCUT2D eigenvalue weighted by Gasteiger charge is 2.54. The molecular formula is C25H32N4O2. The lowest BCUT2D eigenvalue weighted by Gasteiger charge is -2.49. The molecule has 1 aliphatic heterocycles. The molecule has 1 aromatic carbocycles. The molecule has 5 rings (SSSR count). The number of nitrogens with zero attached hydrogens (tertiary/aromatic N) is 4. The summed E-state index contributed by atoms with van der Waals surface area (Å²) in [7, 11) is 1.80. The molecule has 3 aliphatic rings. The number of carbonyl (C=O) groups is 1. The Balaban J connectivity index is 1.42. The average molecular weight is 421 g/mol. The lowest BCUT2D eigenvalue weighted by atomic mass is 9.72. The molecule has 0 radical (unpaired) electrons. The summed E-state index contributed by atoms with van der Waals surface area (Å²) in [5.41, 5.74) is 1.89. The van der Waals surface area contributed by atoms with Crippen molar-refractivity contribution in [2.45, 2.75) is 68.9 Å². The standard InChI is InChI=1S/C25H32N4O2/c1-19-26-15-22(16-27-19)28-17-24(29(23(28)30)18-25(31-2)11-6-12-25)13-9-21(10-14-24)20-7-4-3-5-8-20/h3-5,7-8,15-16,21H,6,9-14,17-18H2,1-2H3. The van der Waals surface area contributed by atoms with Crippen LogP contribution >= 0.6 is 0 Å². The van der Waals surface area contributed by atoms with Crippen molar-refractivity contribution in [3.63, 3.8) is 0 Å². The van der Waals surface area contributed by atoms with Gasteiger partial charge >= 0.3 is 6.03 Å². The number of carbonyl (C=O) groups excluding carboxylic acids is 1. The summed E-state index contributed by atoms with van der Waals surface area (Å²) >= 11 is 0. The Kier molecular flexibility index (Phi) is 5.21. The first-order valence-electron chi connectivity index (χ1n) is 11.5. The number of hydrogen-bond acceptors (Lipinski definition) is 4. The third-order valence-electron chi connectivity index (χ3n) is 7.90. The quantitative estimate of drug-likeness (QED) is 0.704. The van der Waals surface area contributed by atoms with Gasteiger partial charge in [-0.3, -0.25) is 4.90 Å². The second kappa shape index (κ2) is 7.90. The van der Waals surface area contributed by atoms with Gasteiger partial charge in [0.15, 0.2) is 0 Å². The van der Waals surface area contributed by atoms with Gasteiger partial charge in [-0.05, 0) is 63.4 Å². The Morgan fingerprint density at radius 2 is 1.74 bits per heavy atom. The Morgan fingerprint density at radius 1 is 1.06 bits per heavy atom. The first-order valence-corrected chi connectivity index (χ1v) is 11.5. The van der Waals surface area contributed by atoms with Crippen LogP contribution in [0.1, 0.15) is 62.3 Å². The summed E-state index contributed by atoms with van der Waals surface area (Å²) in [6.45, 7) is 3.26. The molecule has 31 heavy (non-hydrogen) atoms. The fourth-order valence-electron chi connectivity index (χ4n) is 5.69. The molecule has 2 saturated carbocycles. The number of aromatic nitrogens is 2. The molecule has 2 aliphatic carbocycles. The van der Waals surface area contributed by atoms with E-state index >= 15 is 0 Å². The molecule has 2 amide bonds. The van der Waals surface area contributed by atoms with Gasteiger partial charge < -0.3 is 9.64 Å². The van der Waals surface area contributed by atoms with Crippen molar-refractivity contribution in [1.29, 1.82) is 0 Å². The van der Waals surface area contributed by atoms with Crippen LogP contribution in [0.15, 0.2) is 42.7 Å². The van der Waals surface area contributed by atoms with Crippen molar-refractivity contribution in [2.24, 2.45) is 0 Å². The van der Waals surface area contributed by atoms with Gasteiger partial charge in [0, 0.05) is 7.11 Å². The number of amides is 2. The van der Waals surface area contributed by atoms with E-state index in [1.54, 1.807) is 19.5 Å².